The molecule has 0 saturated carbocycles. The van der Waals surface area contributed by atoms with Crippen molar-refractivity contribution < 1.29 is 9.32 Å². The minimum Gasteiger partial charge on any atom is -0.364 e. The Morgan fingerprint density at radius 2 is 2.43 bits per heavy atom. The van der Waals surface area contributed by atoms with Crippen LogP contribution in [0.25, 0.3) is 0 Å². The Bertz CT molecular complexity index is 423. The van der Waals surface area contributed by atoms with Crippen molar-refractivity contribution in [2.24, 2.45) is 0 Å². The van der Waals surface area contributed by atoms with Crippen molar-refractivity contribution in [3.05, 3.63) is 47.6 Å². The van der Waals surface area contributed by atoms with Crippen molar-refractivity contribution >= 4 is 6.29 Å². The van der Waals surface area contributed by atoms with Crippen molar-refractivity contribution in [3.63, 3.8) is 0 Å². The summed E-state index contributed by atoms with van der Waals surface area (Å²) in [5, 5.41) is 3.75. The summed E-state index contributed by atoms with van der Waals surface area (Å²) in [5.74, 6) is 0. The smallest absolute Gasteiger partial charge is 0.155 e. The second-order valence-electron chi connectivity index (χ2n) is 2.87. The van der Waals surface area contributed by atoms with Crippen LogP contribution in [0.3, 0.4) is 0 Å². The van der Waals surface area contributed by atoms with Gasteiger partial charge in [0.05, 0.1) is 11.3 Å². The van der Waals surface area contributed by atoms with Crippen LogP contribution in [-0.4, -0.2) is 16.4 Å². The normalized spacial score (nSPS) is 10.0. The SMILES string of the molecule is O=Cc1conc1Cc1cccnc1. The van der Waals surface area contributed by atoms with Gasteiger partial charge >= 0.3 is 0 Å². The number of carbonyl (C=O) groups is 1. The number of nitrogens with zero attached hydrogens (tertiary/aromatic N) is 2. The van der Waals surface area contributed by atoms with Crippen LogP contribution in [-0.2, 0) is 6.42 Å². The summed E-state index contributed by atoms with van der Waals surface area (Å²) in [5.41, 5.74) is 2.14. The average Bonchev–Trinajstić information content (AvgIpc) is 2.67. The summed E-state index contributed by atoms with van der Waals surface area (Å²) >= 11 is 0. The Labute approximate surface area is 80.6 Å². The van der Waals surface area contributed by atoms with Crippen LogP contribution in [0.4, 0.5) is 0 Å². The summed E-state index contributed by atoms with van der Waals surface area (Å²) in [4.78, 5) is 14.5. The molecule has 0 spiro atoms. The summed E-state index contributed by atoms with van der Waals surface area (Å²) in [7, 11) is 0. The number of carbonyl (C=O) groups excluding carboxylic acids is 1. The molecule has 2 rings (SSSR count). The van der Waals surface area contributed by atoms with E-state index in [9.17, 15) is 4.79 Å². The van der Waals surface area contributed by atoms with Gasteiger partial charge in [-0.15, -0.1) is 0 Å². The summed E-state index contributed by atoms with van der Waals surface area (Å²) in [6.07, 6.45) is 6.09. The molecule has 2 aromatic heterocycles. The maximum Gasteiger partial charge on any atom is 0.155 e. The van der Waals surface area contributed by atoms with Crippen LogP contribution in [0, 0.1) is 0 Å². The number of rotatable bonds is 3. The molecular formula is C10H8N2O2. The van der Waals surface area contributed by atoms with E-state index in [1.807, 2.05) is 12.1 Å². The van der Waals surface area contributed by atoms with Crippen molar-refractivity contribution in [2.45, 2.75) is 6.42 Å². The van der Waals surface area contributed by atoms with Crippen molar-refractivity contribution in [2.75, 3.05) is 0 Å². The fraction of sp³-hybridized carbons (Fsp3) is 0.100. The molecule has 0 aromatic carbocycles. The number of aldehydes is 1. The molecule has 14 heavy (non-hydrogen) atoms. The summed E-state index contributed by atoms with van der Waals surface area (Å²) < 4.78 is 4.71. The number of pyridine rings is 1. The summed E-state index contributed by atoms with van der Waals surface area (Å²) in [6, 6.07) is 3.77. The maximum absolute atomic E-state index is 10.6. The molecule has 0 aliphatic rings. The molecule has 0 bridgehead atoms. The molecule has 0 aliphatic heterocycles. The van der Waals surface area contributed by atoms with E-state index in [4.69, 9.17) is 4.52 Å². The third kappa shape index (κ3) is 1.69. The van der Waals surface area contributed by atoms with Crippen LogP contribution in [0.15, 0.2) is 35.3 Å². The summed E-state index contributed by atoms with van der Waals surface area (Å²) in [6.45, 7) is 0. The molecule has 0 radical (unpaired) electrons. The van der Waals surface area contributed by atoms with Gasteiger partial charge in [-0.25, -0.2) is 0 Å². The number of aromatic nitrogens is 2. The molecule has 0 N–H and O–H groups in total. The largest absolute Gasteiger partial charge is 0.364 e. The van der Waals surface area contributed by atoms with Crippen LogP contribution < -0.4 is 0 Å². The van der Waals surface area contributed by atoms with E-state index in [-0.39, 0.29) is 0 Å². The Morgan fingerprint density at radius 3 is 3.14 bits per heavy atom. The Hall–Kier alpha value is -1.97. The fourth-order valence-corrected chi connectivity index (χ4v) is 1.19. The van der Waals surface area contributed by atoms with E-state index in [1.165, 1.54) is 6.26 Å². The van der Waals surface area contributed by atoms with E-state index in [0.717, 1.165) is 11.8 Å². The zero-order valence-electron chi connectivity index (χ0n) is 7.38. The van der Waals surface area contributed by atoms with Gasteiger partial charge in [-0.05, 0) is 11.6 Å². The van der Waals surface area contributed by atoms with Gasteiger partial charge in [0, 0.05) is 18.8 Å². The lowest BCUT2D eigenvalue weighted by molar-refractivity contribution is 0.112. The molecule has 0 amide bonds. The molecule has 0 unspecified atom stereocenters. The van der Waals surface area contributed by atoms with Gasteiger partial charge in [0.2, 0.25) is 0 Å². The highest BCUT2D eigenvalue weighted by Crippen LogP contribution is 2.09. The van der Waals surface area contributed by atoms with Crippen LogP contribution >= 0.6 is 0 Å². The van der Waals surface area contributed by atoms with Gasteiger partial charge in [-0.2, -0.15) is 0 Å². The highest BCUT2D eigenvalue weighted by atomic mass is 16.5. The molecule has 0 aliphatic carbocycles. The predicted octanol–water partition coefficient (Wildman–Crippen LogP) is 1.47. The highest BCUT2D eigenvalue weighted by molar-refractivity contribution is 5.75. The van der Waals surface area contributed by atoms with Gasteiger partial charge in [0.25, 0.3) is 0 Å². The van der Waals surface area contributed by atoms with Gasteiger partial charge in [0.15, 0.2) is 6.29 Å². The Balaban J connectivity index is 2.23. The third-order valence-corrected chi connectivity index (χ3v) is 1.90. The second kappa shape index (κ2) is 3.83. The lowest BCUT2D eigenvalue weighted by Crippen LogP contribution is -1.92. The van der Waals surface area contributed by atoms with Crippen LogP contribution in [0.5, 0.6) is 0 Å². The maximum atomic E-state index is 10.6. The first kappa shape index (κ1) is 8.62. The van der Waals surface area contributed by atoms with Crippen molar-refractivity contribution in [3.8, 4) is 0 Å². The molecule has 2 aromatic rings. The topological polar surface area (TPSA) is 56.0 Å². The molecule has 0 saturated heterocycles. The Kier molecular flexibility index (Phi) is 2.36. The molecule has 0 fully saturated rings. The molecule has 70 valence electrons. The lowest BCUT2D eigenvalue weighted by Gasteiger charge is -1.95. The first-order chi connectivity index (χ1) is 6.90. The lowest BCUT2D eigenvalue weighted by atomic mass is 10.1. The first-order valence-electron chi connectivity index (χ1n) is 4.17. The second-order valence-corrected chi connectivity index (χ2v) is 2.87. The first-order valence-corrected chi connectivity index (χ1v) is 4.17. The minimum absolute atomic E-state index is 0.494. The van der Waals surface area contributed by atoms with Crippen LogP contribution in [0.1, 0.15) is 21.6 Å². The van der Waals surface area contributed by atoms with E-state index in [2.05, 4.69) is 10.1 Å². The predicted molar refractivity (Wildman–Crippen MR) is 48.9 cm³/mol. The fourth-order valence-electron chi connectivity index (χ4n) is 1.19. The molecule has 2 heterocycles. The van der Waals surface area contributed by atoms with Gasteiger partial charge in [-0.3, -0.25) is 9.78 Å². The quantitative estimate of drug-likeness (QED) is 0.684. The number of hydrogen-bond acceptors (Lipinski definition) is 4. The minimum atomic E-state index is 0.494. The third-order valence-electron chi connectivity index (χ3n) is 1.90. The van der Waals surface area contributed by atoms with E-state index in [1.54, 1.807) is 12.4 Å². The van der Waals surface area contributed by atoms with Crippen LogP contribution in [0.2, 0.25) is 0 Å². The van der Waals surface area contributed by atoms with Crippen molar-refractivity contribution in [1.82, 2.24) is 10.1 Å². The standard InChI is InChI=1S/C10H8N2O2/c13-6-9-7-14-12-10(9)4-8-2-1-3-11-5-8/h1-3,5-7H,4H2. The van der Waals surface area contributed by atoms with Crippen molar-refractivity contribution in [1.29, 1.82) is 0 Å². The monoisotopic (exact) mass is 188 g/mol. The molecule has 4 heteroatoms. The van der Waals surface area contributed by atoms with Gasteiger partial charge in [-0.1, -0.05) is 11.2 Å². The van der Waals surface area contributed by atoms with Gasteiger partial charge in [0.1, 0.15) is 6.26 Å². The highest BCUT2D eigenvalue weighted by Gasteiger charge is 2.06. The van der Waals surface area contributed by atoms with E-state index < -0.39 is 0 Å². The average molecular weight is 188 g/mol. The molecular weight excluding hydrogens is 180 g/mol. The van der Waals surface area contributed by atoms with E-state index >= 15 is 0 Å². The van der Waals surface area contributed by atoms with E-state index in [0.29, 0.717) is 17.7 Å². The van der Waals surface area contributed by atoms with Gasteiger partial charge < -0.3 is 4.52 Å². The zero-order valence-corrected chi connectivity index (χ0v) is 7.38. The molecule has 4 nitrogen and oxygen atoms in total. The molecule has 0 atom stereocenters. The zero-order chi connectivity index (χ0) is 9.80. The Morgan fingerprint density at radius 1 is 1.50 bits per heavy atom. The number of hydrogen-bond donors (Lipinski definition) is 0.